The maximum atomic E-state index is 5.39. The molecule has 0 aliphatic carbocycles. The zero-order chi connectivity index (χ0) is 14.4. The Morgan fingerprint density at radius 1 is 1.21 bits per heavy atom. The molecule has 0 radical (unpaired) electrons. The summed E-state index contributed by atoms with van der Waals surface area (Å²) in [4.78, 5) is 0. The van der Waals surface area contributed by atoms with Crippen LogP contribution in [0.5, 0.6) is 0 Å². The Morgan fingerprint density at radius 2 is 1.89 bits per heavy atom. The highest BCUT2D eigenvalue weighted by Crippen LogP contribution is 2.25. The minimum absolute atomic E-state index is 0.591. The molecule has 2 nitrogen and oxygen atoms in total. The summed E-state index contributed by atoms with van der Waals surface area (Å²) in [7, 11) is 0. The first-order chi connectivity index (χ1) is 8.99. The number of anilines is 1. The van der Waals surface area contributed by atoms with Gasteiger partial charge in [-0.25, -0.2) is 0 Å². The van der Waals surface area contributed by atoms with Crippen molar-refractivity contribution in [1.82, 2.24) is 5.32 Å². The summed E-state index contributed by atoms with van der Waals surface area (Å²) in [5, 5.41) is 7.40. The molecule has 0 spiro atoms. The van der Waals surface area contributed by atoms with Crippen molar-refractivity contribution in [2.24, 2.45) is 5.92 Å². The van der Waals surface area contributed by atoms with Crippen molar-refractivity contribution in [3.8, 4) is 0 Å². The van der Waals surface area contributed by atoms with Gasteiger partial charge in [0, 0.05) is 12.2 Å². The first-order valence-corrected chi connectivity index (χ1v) is 7.56. The average Bonchev–Trinajstić information content (AvgIpc) is 2.37. The minimum atomic E-state index is 0.591. The minimum Gasteiger partial charge on any atom is -0.362 e. The molecule has 1 aromatic carbocycles. The predicted molar refractivity (Wildman–Crippen MR) is 89.0 cm³/mol. The van der Waals surface area contributed by atoms with Crippen LogP contribution in [0.25, 0.3) is 0 Å². The zero-order valence-electron chi connectivity index (χ0n) is 12.8. The van der Waals surface area contributed by atoms with Gasteiger partial charge in [0.1, 0.15) is 0 Å². The van der Waals surface area contributed by atoms with Crippen LogP contribution >= 0.6 is 12.2 Å². The molecule has 0 aromatic heterocycles. The summed E-state index contributed by atoms with van der Waals surface area (Å²) >= 11 is 5.39. The fourth-order valence-corrected chi connectivity index (χ4v) is 2.35. The van der Waals surface area contributed by atoms with E-state index in [0.29, 0.717) is 5.92 Å². The van der Waals surface area contributed by atoms with Crippen molar-refractivity contribution in [3.63, 3.8) is 0 Å². The Morgan fingerprint density at radius 3 is 2.42 bits per heavy atom. The van der Waals surface area contributed by atoms with Gasteiger partial charge in [0.05, 0.1) is 0 Å². The van der Waals surface area contributed by atoms with Gasteiger partial charge >= 0.3 is 0 Å². The Balaban J connectivity index is 2.92. The number of thiocarbonyl (C=S) groups is 1. The first kappa shape index (κ1) is 16.0. The van der Waals surface area contributed by atoms with Crippen LogP contribution in [-0.4, -0.2) is 11.7 Å². The molecule has 0 fully saturated rings. The van der Waals surface area contributed by atoms with E-state index < -0.39 is 0 Å². The molecule has 0 aliphatic heterocycles. The molecule has 1 rings (SSSR count). The summed E-state index contributed by atoms with van der Waals surface area (Å²) in [6, 6.07) is 4.40. The molecule has 0 heterocycles. The van der Waals surface area contributed by atoms with Crippen LogP contribution in [0, 0.1) is 12.8 Å². The van der Waals surface area contributed by atoms with E-state index in [4.69, 9.17) is 12.2 Å². The number of benzene rings is 1. The topological polar surface area (TPSA) is 24.1 Å². The second-order valence-corrected chi connectivity index (χ2v) is 5.74. The third-order valence-electron chi connectivity index (χ3n) is 3.28. The lowest BCUT2D eigenvalue weighted by atomic mass is 9.98. The lowest BCUT2D eigenvalue weighted by Crippen LogP contribution is -2.32. The largest absolute Gasteiger partial charge is 0.362 e. The van der Waals surface area contributed by atoms with Gasteiger partial charge in [-0.15, -0.1) is 0 Å². The predicted octanol–water partition coefficient (Wildman–Crippen LogP) is 4.06. The van der Waals surface area contributed by atoms with Crippen LogP contribution in [-0.2, 0) is 12.8 Å². The van der Waals surface area contributed by atoms with E-state index in [0.717, 1.165) is 24.5 Å². The van der Waals surface area contributed by atoms with Crippen LogP contribution in [0.3, 0.4) is 0 Å². The molecule has 0 aliphatic rings. The number of hydrogen-bond donors (Lipinski definition) is 2. The molecule has 0 saturated carbocycles. The average molecular weight is 278 g/mol. The van der Waals surface area contributed by atoms with Crippen molar-refractivity contribution in [2.75, 3.05) is 11.9 Å². The van der Waals surface area contributed by atoms with E-state index in [-0.39, 0.29) is 0 Å². The summed E-state index contributed by atoms with van der Waals surface area (Å²) < 4.78 is 0. The van der Waals surface area contributed by atoms with Crippen molar-refractivity contribution < 1.29 is 0 Å². The van der Waals surface area contributed by atoms with E-state index in [2.05, 4.69) is 57.4 Å². The lowest BCUT2D eigenvalue weighted by molar-refractivity contribution is 0.627. The Labute approximate surface area is 123 Å². The molecular formula is C16H26N2S. The molecule has 0 bridgehead atoms. The standard InChI is InChI=1S/C16H26N2S/c1-6-13-9-8-12(5)14(7-2)15(13)18-16(19)17-10-11(3)4/h8-9,11H,6-7,10H2,1-5H3,(H2,17,18,19). The molecule has 106 valence electrons. The van der Waals surface area contributed by atoms with Gasteiger partial charge in [-0.3, -0.25) is 0 Å². The molecule has 0 amide bonds. The molecule has 19 heavy (non-hydrogen) atoms. The summed E-state index contributed by atoms with van der Waals surface area (Å²) in [5.41, 5.74) is 5.23. The van der Waals surface area contributed by atoms with Gasteiger partial charge in [-0.2, -0.15) is 0 Å². The lowest BCUT2D eigenvalue weighted by Gasteiger charge is -2.19. The number of rotatable bonds is 5. The normalized spacial score (nSPS) is 10.6. The van der Waals surface area contributed by atoms with Crippen LogP contribution in [0.1, 0.15) is 44.4 Å². The molecule has 2 N–H and O–H groups in total. The van der Waals surface area contributed by atoms with Gasteiger partial charge < -0.3 is 10.6 Å². The Hall–Kier alpha value is -1.09. The van der Waals surface area contributed by atoms with E-state index in [1.165, 1.54) is 22.4 Å². The summed E-state index contributed by atoms with van der Waals surface area (Å²) in [6.45, 7) is 11.8. The maximum Gasteiger partial charge on any atom is 0.170 e. The molecule has 1 aromatic rings. The molecule has 0 atom stereocenters. The van der Waals surface area contributed by atoms with Gasteiger partial charge in [-0.05, 0) is 54.6 Å². The van der Waals surface area contributed by atoms with Gasteiger partial charge in [0.15, 0.2) is 5.11 Å². The van der Waals surface area contributed by atoms with E-state index in [1.807, 2.05) is 0 Å². The second kappa shape index (κ2) is 7.49. The van der Waals surface area contributed by atoms with Crippen LogP contribution < -0.4 is 10.6 Å². The summed E-state index contributed by atoms with van der Waals surface area (Å²) in [6.07, 6.45) is 2.04. The molecule has 0 saturated heterocycles. The van der Waals surface area contributed by atoms with Crippen molar-refractivity contribution in [1.29, 1.82) is 0 Å². The molecular weight excluding hydrogens is 252 g/mol. The summed E-state index contributed by atoms with van der Waals surface area (Å²) in [5.74, 6) is 0.591. The van der Waals surface area contributed by atoms with Gasteiger partial charge in [0.25, 0.3) is 0 Å². The highest BCUT2D eigenvalue weighted by Gasteiger charge is 2.10. The monoisotopic (exact) mass is 278 g/mol. The van der Waals surface area contributed by atoms with Crippen LogP contribution in [0.2, 0.25) is 0 Å². The van der Waals surface area contributed by atoms with E-state index in [1.54, 1.807) is 0 Å². The van der Waals surface area contributed by atoms with Gasteiger partial charge in [0.2, 0.25) is 0 Å². The fourth-order valence-electron chi connectivity index (χ4n) is 2.16. The number of hydrogen-bond acceptors (Lipinski definition) is 1. The smallest absolute Gasteiger partial charge is 0.170 e. The maximum absolute atomic E-state index is 5.39. The molecule has 3 heteroatoms. The van der Waals surface area contributed by atoms with Crippen molar-refractivity contribution in [3.05, 3.63) is 28.8 Å². The zero-order valence-corrected chi connectivity index (χ0v) is 13.6. The quantitative estimate of drug-likeness (QED) is 0.794. The number of nitrogens with one attached hydrogen (secondary N) is 2. The number of aryl methyl sites for hydroxylation is 2. The van der Waals surface area contributed by atoms with Crippen LogP contribution in [0.4, 0.5) is 5.69 Å². The Kier molecular flexibility index (Phi) is 6.29. The Bertz CT molecular complexity index is 439. The first-order valence-electron chi connectivity index (χ1n) is 7.15. The van der Waals surface area contributed by atoms with Gasteiger partial charge in [-0.1, -0.05) is 39.8 Å². The van der Waals surface area contributed by atoms with Crippen LogP contribution in [0.15, 0.2) is 12.1 Å². The fraction of sp³-hybridized carbons (Fsp3) is 0.562. The third-order valence-corrected chi connectivity index (χ3v) is 3.52. The van der Waals surface area contributed by atoms with E-state index in [9.17, 15) is 0 Å². The van der Waals surface area contributed by atoms with Crippen molar-refractivity contribution in [2.45, 2.75) is 47.5 Å². The second-order valence-electron chi connectivity index (χ2n) is 5.33. The molecule has 0 unspecified atom stereocenters. The highest BCUT2D eigenvalue weighted by molar-refractivity contribution is 7.80. The highest BCUT2D eigenvalue weighted by atomic mass is 32.1. The van der Waals surface area contributed by atoms with Crippen molar-refractivity contribution >= 4 is 23.0 Å². The van der Waals surface area contributed by atoms with E-state index >= 15 is 0 Å². The SMILES string of the molecule is CCc1ccc(C)c(CC)c1NC(=S)NCC(C)C. The third kappa shape index (κ3) is 4.50.